The Hall–Kier alpha value is -3.58. The summed E-state index contributed by atoms with van der Waals surface area (Å²) in [6.45, 7) is 5.99. The third kappa shape index (κ3) is 3.92. The Morgan fingerprint density at radius 1 is 1.17 bits per heavy atom. The second-order valence-electron chi connectivity index (χ2n) is 7.04. The zero-order valence-electron chi connectivity index (χ0n) is 17.1. The molecular weight excluding hydrogens is 376 g/mol. The molecule has 0 radical (unpaired) electrons. The number of aromatic nitrogens is 3. The van der Waals surface area contributed by atoms with Gasteiger partial charge in [-0.25, -0.2) is 5.43 Å². The van der Waals surface area contributed by atoms with Gasteiger partial charge in [0.25, 0.3) is 5.91 Å². The Kier molecular flexibility index (Phi) is 5.81. The van der Waals surface area contributed by atoms with Crippen molar-refractivity contribution in [3.63, 3.8) is 0 Å². The minimum absolute atomic E-state index is 0.254. The monoisotopic (exact) mass is 400 g/mol. The lowest BCUT2D eigenvalue weighted by molar-refractivity contribution is -0.116. The topological polar surface area (TPSA) is 95.1 Å². The number of hydrogen-bond acceptors (Lipinski definition) is 5. The number of amides is 1. The Balaban J connectivity index is 1.81. The third-order valence-electron chi connectivity index (χ3n) is 5.07. The molecule has 152 valence electrons. The zero-order valence-corrected chi connectivity index (χ0v) is 17.1. The van der Waals surface area contributed by atoms with Crippen LogP contribution in [0.3, 0.4) is 0 Å². The first-order chi connectivity index (χ1) is 14.7. The second-order valence-corrected chi connectivity index (χ2v) is 7.04. The van der Waals surface area contributed by atoms with E-state index in [1.54, 1.807) is 18.6 Å². The van der Waals surface area contributed by atoms with E-state index in [9.17, 15) is 4.79 Å². The number of hydrazone groups is 1. The summed E-state index contributed by atoms with van der Waals surface area (Å²) in [5, 5.41) is 7.57. The van der Waals surface area contributed by atoms with Crippen molar-refractivity contribution in [2.45, 2.75) is 20.3 Å². The number of aromatic amines is 1. The van der Waals surface area contributed by atoms with E-state index in [0.717, 1.165) is 42.0 Å². The molecule has 0 atom stereocenters. The molecule has 0 saturated heterocycles. The Labute approximate surface area is 175 Å². The molecule has 0 fully saturated rings. The van der Waals surface area contributed by atoms with Crippen LogP contribution in [0, 0.1) is 6.92 Å². The van der Waals surface area contributed by atoms with E-state index >= 15 is 0 Å². The maximum atomic E-state index is 12.5. The van der Waals surface area contributed by atoms with Gasteiger partial charge >= 0.3 is 0 Å². The molecule has 0 spiro atoms. The molecule has 0 aliphatic carbocycles. The Morgan fingerprint density at radius 2 is 2.00 bits per heavy atom. The number of H-pyrrole nitrogens is 1. The normalized spacial score (nSPS) is 14.8. The molecular formula is C23H24N6O. The molecule has 30 heavy (non-hydrogen) atoms. The second kappa shape index (κ2) is 8.84. The van der Waals surface area contributed by atoms with Crippen LogP contribution in [0.15, 0.2) is 59.6 Å². The summed E-state index contributed by atoms with van der Waals surface area (Å²) in [5.41, 5.74) is 9.50. The molecule has 0 bridgehead atoms. The Morgan fingerprint density at radius 3 is 2.73 bits per heavy atom. The number of likely N-dealkylation sites (N-methyl/N-ethyl adjacent to an activating group) is 1. The molecule has 0 saturated carbocycles. The third-order valence-corrected chi connectivity index (χ3v) is 5.07. The first-order valence-electron chi connectivity index (χ1n) is 10.0. The van der Waals surface area contributed by atoms with E-state index < -0.39 is 0 Å². The van der Waals surface area contributed by atoms with E-state index in [1.165, 1.54) is 5.56 Å². The van der Waals surface area contributed by atoms with Gasteiger partial charge in [0.2, 0.25) is 0 Å². The van der Waals surface area contributed by atoms with Gasteiger partial charge in [-0.1, -0.05) is 37.3 Å². The molecule has 7 nitrogen and oxygen atoms in total. The highest BCUT2D eigenvalue weighted by atomic mass is 16.2. The van der Waals surface area contributed by atoms with Crippen LogP contribution in [0.2, 0.25) is 0 Å². The van der Waals surface area contributed by atoms with E-state index in [-0.39, 0.29) is 5.91 Å². The minimum Gasteiger partial charge on any atom is -0.358 e. The maximum absolute atomic E-state index is 12.5. The first-order valence-corrected chi connectivity index (χ1v) is 10.0. The van der Waals surface area contributed by atoms with E-state index in [0.29, 0.717) is 17.0 Å². The lowest BCUT2D eigenvalue weighted by atomic mass is 9.96. The van der Waals surface area contributed by atoms with Crippen LogP contribution >= 0.6 is 0 Å². The van der Waals surface area contributed by atoms with Gasteiger partial charge < -0.3 is 10.3 Å². The lowest BCUT2D eigenvalue weighted by Crippen LogP contribution is -2.16. The Bertz CT molecular complexity index is 1100. The average molecular weight is 400 g/mol. The number of benzene rings is 1. The predicted molar refractivity (Wildman–Crippen MR) is 118 cm³/mol. The fourth-order valence-electron chi connectivity index (χ4n) is 3.67. The smallest absolute Gasteiger partial charge is 0.273 e. The number of nitrogens with zero attached hydrogens (tertiary/aromatic N) is 3. The van der Waals surface area contributed by atoms with Crippen LogP contribution < -0.4 is 10.7 Å². The van der Waals surface area contributed by atoms with E-state index in [4.69, 9.17) is 0 Å². The summed E-state index contributed by atoms with van der Waals surface area (Å²) in [7, 11) is 0. The number of nitrogens with one attached hydrogen (secondary N) is 3. The standard InChI is InChI=1S/C23H24N6O/c1-3-24-10-9-17-15(2)27-19(21(17)16-7-5-4-6-8-16)13-18-22(28-29-23(18)30)20-14-25-11-12-26-20/h4-8,11-14,24,27H,3,9-10H2,1-2H3,(H,29,30)/b18-13+. The summed E-state index contributed by atoms with van der Waals surface area (Å²) in [5.74, 6) is -0.254. The highest BCUT2D eigenvalue weighted by molar-refractivity contribution is 6.32. The summed E-state index contributed by atoms with van der Waals surface area (Å²) < 4.78 is 0. The summed E-state index contributed by atoms with van der Waals surface area (Å²) in [6.07, 6.45) is 7.54. The fraction of sp³-hybridized carbons (Fsp3) is 0.217. The number of rotatable bonds is 7. The van der Waals surface area contributed by atoms with E-state index in [2.05, 4.69) is 56.8 Å². The first kappa shape index (κ1) is 19.7. The van der Waals surface area contributed by atoms with Crippen molar-refractivity contribution in [2.75, 3.05) is 13.1 Å². The minimum atomic E-state index is -0.254. The highest BCUT2D eigenvalue weighted by Gasteiger charge is 2.26. The number of carbonyl (C=O) groups is 1. The molecule has 1 aliphatic heterocycles. The van der Waals surface area contributed by atoms with Gasteiger partial charge in [-0.15, -0.1) is 0 Å². The van der Waals surface area contributed by atoms with Gasteiger partial charge in [-0.3, -0.25) is 14.8 Å². The molecule has 3 N–H and O–H groups in total. The van der Waals surface area contributed by atoms with Crippen molar-refractivity contribution >= 4 is 17.7 Å². The van der Waals surface area contributed by atoms with Gasteiger partial charge in [0, 0.05) is 29.3 Å². The fourth-order valence-corrected chi connectivity index (χ4v) is 3.67. The number of aryl methyl sites for hydroxylation is 1. The van der Waals surface area contributed by atoms with Crippen LogP contribution in [0.5, 0.6) is 0 Å². The average Bonchev–Trinajstić information content (AvgIpc) is 3.29. The van der Waals surface area contributed by atoms with Crippen LogP contribution in [0.1, 0.15) is 29.6 Å². The van der Waals surface area contributed by atoms with E-state index in [1.807, 2.05) is 24.3 Å². The summed E-state index contributed by atoms with van der Waals surface area (Å²) in [4.78, 5) is 24.4. The maximum Gasteiger partial charge on any atom is 0.273 e. The molecule has 1 aromatic carbocycles. The van der Waals surface area contributed by atoms with Crippen molar-refractivity contribution in [1.82, 2.24) is 25.7 Å². The van der Waals surface area contributed by atoms with Crippen molar-refractivity contribution in [2.24, 2.45) is 5.10 Å². The van der Waals surface area contributed by atoms with Crippen LogP contribution in [-0.4, -0.2) is 39.7 Å². The zero-order chi connectivity index (χ0) is 20.9. The van der Waals surface area contributed by atoms with Crippen LogP contribution in [0.25, 0.3) is 17.2 Å². The largest absolute Gasteiger partial charge is 0.358 e. The van der Waals surface area contributed by atoms with Gasteiger partial charge in [-0.2, -0.15) is 5.10 Å². The molecule has 4 rings (SSSR count). The van der Waals surface area contributed by atoms with Gasteiger partial charge in [0.1, 0.15) is 11.4 Å². The van der Waals surface area contributed by atoms with Crippen molar-refractivity contribution in [3.8, 4) is 11.1 Å². The molecule has 2 aromatic heterocycles. The molecule has 7 heteroatoms. The SMILES string of the molecule is CCNCCc1c(C)[nH]c(/C=C2/C(=O)NN=C2c2cnccn2)c1-c1ccccc1. The molecule has 3 heterocycles. The van der Waals surface area contributed by atoms with Crippen molar-refractivity contribution in [3.05, 3.63) is 77.1 Å². The summed E-state index contributed by atoms with van der Waals surface area (Å²) in [6, 6.07) is 10.2. The van der Waals surface area contributed by atoms with Crippen LogP contribution in [-0.2, 0) is 11.2 Å². The van der Waals surface area contributed by atoms with Crippen molar-refractivity contribution in [1.29, 1.82) is 0 Å². The quantitative estimate of drug-likeness (QED) is 0.420. The molecule has 1 amide bonds. The van der Waals surface area contributed by atoms with Gasteiger partial charge in [0.15, 0.2) is 0 Å². The molecule has 0 unspecified atom stereocenters. The number of hydrogen-bond donors (Lipinski definition) is 3. The van der Waals surface area contributed by atoms with Gasteiger partial charge in [-0.05, 0) is 43.6 Å². The number of carbonyl (C=O) groups excluding carboxylic acids is 1. The molecule has 3 aromatic rings. The van der Waals surface area contributed by atoms with Gasteiger partial charge in [0.05, 0.1) is 11.8 Å². The lowest BCUT2D eigenvalue weighted by Gasteiger charge is -2.08. The summed E-state index contributed by atoms with van der Waals surface area (Å²) >= 11 is 0. The molecule has 1 aliphatic rings. The highest BCUT2D eigenvalue weighted by Crippen LogP contribution is 2.32. The van der Waals surface area contributed by atoms with Crippen molar-refractivity contribution < 1.29 is 4.79 Å². The van der Waals surface area contributed by atoms with Crippen LogP contribution in [0.4, 0.5) is 0 Å². The predicted octanol–water partition coefficient (Wildman–Crippen LogP) is 2.85.